The van der Waals surface area contributed by atoms with Crippen LogP contribution in [0.25, 0.3) is 0 Å². The maximum absolute atomic E-state index is 12.5. The third-order valence-corrected chi connectivity index (χ3v) is 6.16. The molecular weight excluding hydrogens is 386 g/mol. The number of benzene rings is 1. The average Bonchev–Trinajstić information content (AvgIpc) is 3.05. The van der Waals surface area contributed by atoms with Gasteiger partial charge in [0.05, 0.1) is 18.4 Å². The predicted molar refractivity (Wildman–Crippen MR) is 117 cm³/mol. The van der Waals surface area contributed by atoms with Crippen LogP contribution in [0, 0.1) is 5.92 Å². The molecule has 29 heavy (non-hydrogen) atoms. The second-order valence-electron chi connectivity index (χ2n) is 7.20. The molecule has 0 spiro atoms. The van der Waals surface area contributed by atoms with Crippen molar-refractivity contribution in [2.75, 3.05) is 11.9 Å². The first kappa shape index (κ1) is 21.0. The minimum atomic E-state index is -0.483. The first-order valence-corrected chi connectivity index (χ1v) is 10.8. The van der Waals surface area contributed by atoms with Crippen LogP contribution in [0.2, 0.25) is 0 Å². The van der Waals surface area contributed by atoms with Crippen LogP contribution >= 0.6 is 11.3 Å². The largest absolute Gasteiger partial charge is 0.462 e. The Labute approximate surface area is 175 Å². The summed E-state index contributed by atoms with van der Waals surface area (Å²) < 4.78 is 5.23. The van der Waals surface area contributed by atoms with Crippen molar-refractivity contribution in [3.05, 3.63) is 51.4 Å². The van der Waals surface area contributed by atoms with Gasteiger partial charge in [0.2, 0.25) is 0 Å². The van der Waals surface area contributed by atoms with E-state index in [1.54, 1.807) is 13.1 Å². The molecular formula is C22H27N3O3S. The van der Waals surface area contributed by atoms with E-state index >= 15 is 0 Å². The van der Waals surface area contributed by atoms with E-state index < -0.39 is 6.03 Å². The molecule has 2 N–H and O–H groups in total. The summed E-state index contributed by atoms with van der Waals surface area (Å²) in [6, 6.07) is 7.49. The van der Waals surface area contributed by atoms with E-state index in [0.29, 0.717) is 23.1 Å². The highest BCUT2D eigenvalue weighted by molar-refractivity contribution is 7.17. The molecule has 0 bridgehead atoms. The zero-order valence-corrected chi connectivity index (χ0v) is 17.9. The summed E-state index contributed by atoms with van der Waals surface area (Å²) in [4.78, 5) is 26.0. The van der Waals surface area contributed by atoms with E-state index in [4.69, 9.17) is 4.74 Å². The van der Waals surface area contributed by atoms with Crippen LogP contribution in [0.5, 0.6) is 0 Å². The maximum atomic E-state index is 12.5. The fourth-order valence-electron chi connectivity index (χ4n) is 3.39. The Hall–Kier alpha value is -2.67. The van der Waals surface area contributed by atoms with Gasteiger partial charge in [-0.25, -0.2) is 15.0 Å². The molecule has 1 heterocycles. The number of carbonyl (C=O) groups is 2. The predicted octanol–water partition coefficient (Wildman–Crippen LogP) is 4.77. The molecule has 6 nitrogen and oxygen atoms in total. The Bertz CT molecular complexity index is 903. The summed E-state index contributed by atoms with van der Waals surface area (Å²) in [5.41, 5.74) is 6.12. The molecule has 1 aromatic heterocycles. The molecule has 0 radical (unpaired) electrons. The molecule has 2 aromatic rings. The van der Waals surface area contributed by atoms with Crippen LogP contribution in [0.1, 0.15) is 59.1 Å². The van der Waals surface area contributed by atoms with E-state index in [0.717, 1.165) is 41.7 Å². The summed E-state index contributed by atoms with van der Waals surface area (Å²) in [6.07, 6.45) is 5.34. The van der Waals surface area contributed by atoms with Gasteiger partial charge in [-0.05, 0) is 55.2 Å². The lowest BCUT2D eigenvalue weighted by Crippen LogP contribution is -2.25. The van der Waals surface area contributed by atoms with Gasteiger partial charge < -0.3 is 4.74 Å². The van der Waals surface area contributed by atoms with Gasteiger partial charge in [-0.2, -0.15) is 5.10 Å². The smallest absolute Gasteiger partial charge is 0.341 e. The van der Waals surface area contributed by atoms with Gasteiger partial charge in [0, 0.05) is 4.88 Å². The summed E-state index contributed by atoms with van der Waals surface area (Å²) >= 11 is 1.46. The van der Waals surface area contributed by atoms with Crippen LogP contribution in [0.15, 0.2) is 29.4 Å². The molecule has 1 unspecified atom stereocenters. The number of nitrogens with zero attached hydrogens (tertiary/aromatic N) is 1. The summed E-state index contributed by atoms with van der Waals surface area (Å²) in [5.74, 6) is 0.191. The topological polar surface area (TPSA) is 79.8 Å². The van der Waals surface area contributed by atoms with Crippen molar-refractivity contribution in [3.63, 3.8) is 0 Å². The van der Waals surface area contributed by atoms with E-state index in [9.17, 15) is 9.59 Å². The highest BCUT2D eigenvalue weighted by Crippen LogP contribution is 2.40. The first-order valence-electron chi connectivity index (χ1n) is 10.0. The molecule has 0 saturated heterocycles. The van der Waals surface area contributed by atoms with Gasteiger partial charge in [0.1, 0.15) is 5.00 Å². The van der Waals surface area contributed by atoms with Gasteiger partial charge in [-0.1, -0.05) is 38.1 Å². The van der Waals surface area contributed by atoms with Crippen molar-refractivity contribution in [1.29, 1.82) is 0 Å². The fourth-order valence-corrected chi connectivity index (χ4v) is 4.79. The number of hydrazone groups is 1. The number of carbonyl (C=O) groups excluding carboxylic acids is 2. The lowest BCUT2D eigenvalue weighted by molar-refractivity contribution is 0.0526. The molecule has 0 aliphatic heterocycles. The lowest BCUT2D eigenvalue weighted by Gasteiger charge is -2.18. The van der Waals surface area contributed by atoms with E-state index in [-0.39, 0.29) is 5.97 Å². The number of nitrogens with one attached hydrogen (secondary N) is 2. The number of hydrogen-bond donors (Lipinski definition) is 2. The minimum absolute atomic E-state index is 0.298. The normalized spacial score (nSPS) is 15.8. The molecule has 154 valence electrons. The Kier molecular flexibility index (Phi) is 7.04. The Morgan fingerprint density at radius 1 is 1.28 bits per heavy atom. The summed E-state index contributed by atoms with van der Waals surface area (Å²) in [6.45, 7) is 6.38. The van der Waals surface area contributed by atoms with E-state index in [1.807, 2.05) is 24.3 Å². The van der Waals surface area contributed by atoms with Crippen molar-refractivity contribution in [2.45, 2.75) is 46.5 Å². The van der Waals surface area contributed by atoms with Gasteiger partial charge in [-0.15, -0.1) is 11.3 Å². The van der Waals surface area contributed by atoms with Gasteiger partial charge in [0.25, 0.3) is 0 Å². The molecule has 2 amide bonds. The number of esters is 1. The molecule has 1 aliphatic rings. The Morgan fingerprint density at radius 3 is 2.72 bits per heavy atom. The third-order valence-electron chi connectivity index (χ3n) is 4.99. The van der Waals surface area contributed by atoms with Crippen LogP contribution in [-0.2, 0) is 24.0 Å². The average molecular weight is 414 g/mol. The Balaban J connectivity index is 1.70. The molecule has 1 aliphatic carbocycles. The van der Waals surface area contributed by atoms with Crippen LogP contribution in [0.3, 0.4) is 0 Å². The number of urea groups is 1. The van der Waals surface area contributed by atoms with Gasteiger partial charge in [0.15, 0.2) is 0 Å². The molecule has 1 aromatic carbocycles. The highest BCUT2D eigenvalue weighted by atomic mass is 32.1. The van der Waals surface area contributed by atoms with Crippen molar-refractivity contribution >= 4 is 34.6 Å². The number of anilines is 1. The third kappa shape index (κ3) is 5.23. The number of rotatable bonds is 6. The van der Waals surface area contributed by atoms with E-state index in [2.05, 4.69) is 29.7 Å². The summed E-state index contributed by atoms with van der Waals surface area (Å²) in [5, 5.41) is 7.31. The van der Waals surface area contributed by atoms with Crippen LogP contribution in [0.4, 0.5) is 9.80 Å². The quantitative estimate of drug-likeness (QED) is 0.407. The summed E-state index contributed by atoms with van der Waals surface area (Å²) in [7, 11) is 0. The fraction of sp³-hybridized carbons (Fsp3) is 0.409. The minimum Gasteiger partial charge on any atom is -0.462 e. The number of ether oxygens (including phenoxy) is 1. The van der Waals surface area contributed by atoms with Crippen LogP contribution < -0.4 is 10.7 Å². The van der Waals surface area contributed by atoms with Crippen molar-refractivity contribution in [1.82, 2.24) is 5.43 Å². The molecule has 3 rings (SSSR count). The van der Waals surface area contributed by atoms with Crippen molar-refractivity contribution in [3.8, 4) is 0 Å². The SMILES string of the molecule is CCOC(=O)c1c(NC(=O)N/N=C/c2ccc(CC)cc2)sc2c1CCC(C)C2. The van der Waals surface area contributed by atoms with Gasteiger partial charge in [-0.3, -0.25) is 5.32 Å². The first-order chi connectivity index (χ1) is 14.0. The monoisotopic (exact) mass is 413 g/mol. The zero-order valence-electron chi connectivity index (χ0n) is 17.1. The van der Waals surface area contributed by atoms with Gasteiger partial charge >= 0.3 is 12.0 Å². The molecule has 0 fully saturated rings. The standard InChI is InChI=1S/C22H27N3O3S/c1-4-15-7-9-16(10-8-15)13-23-25-22(27)24-20-19(21(26)28-5-2)17-11-6-14(3)12-18(17)29-20/h7-10,13-14H,4-6,11-12H2,1-3H3,(H2,24,25,27)/b23-13+. The maximum Gasteiger partial charge on any atom is 0.341 e. The number of aryl methyl sites for hydroxylation is 1. The second kappa shape index (κ2) is 9.69. The van der Waals surface area contributed by atoms with Crippen LogP contribution in [-0.4, -0.2) is 24.8 Å². The van der Waals surface area contributed by atoms with Crippen molar-refractivity contribution < 1.29 is 14.3 Å². The number of thiophene rings is 1. The number of amides is 2. The molecule has 0 saturated carbocycles. The zero-order chi connectivity index (χ0) is 20.8. The Morgan fingerprint density at radius 2 is 2.03 bits per heavy atom. The lowest BCUT2D eigenvalue weighted by atomic mass is 9.88. The number of hydrogen-bond acceptors (Lipinski definition) is 5. The van der Waals surface area contributed by atoms with Crippen molar-refractivity contribution in [2.24, 2.45) is 11.0 Å². The second-order valence-corrected chi connectivity index (χ2v) is 8.30. The van der Waals surface area contributed by atoms with E-state index in [1.165, 1.54) is 16.9 Å². The highest BCUT2D eigenvalue weighted by Gasteiger charge is 2.29. The number of fused-ring (bicyclic) bond motifs is 1. The molecule has 7 heteroatoms. The molecule has 1 atom stereocenters.